The van der Waals surface area contributed by atoms with Crippen molar-refractivity contribution in [3.63, 3.8) is 0 Å². The molecule has 2 aromatic rings. The number of carbonyl (C=O) groups is 2. The molecule has 1 N–H and O–H groups in total. The highest BCUT2D eigenvalue weighted by Gasteiger charge is 2.27. The summed E-state index contributed by atoms with van der Waals surface area (Å²) in [7, 11) is 0. The third-order valence-electron chi connectivity index (χ3n) is 3.98. The highest BCUT2D eigenvalue weighted by Crippen LogP contribution is 2.37. The van der Waals surface area contributed by atoms with E-state index in [-0.39, 0.29) is 23.6 Å². The fourth-order valence-electron chi connectivity index (χ4n) is 2.74. The van der Waals surface area contributed by atoms with Crippen LogP contribution in [0.4, 0.5) is 5.69 Å². The lowest BCUT2D eigenvalue weighted by atomic mass is 10.2. The zero-order valence-corrected chi connectivity index (χ0v) is 15.4. The summed E-state index contributed by atoms with van der Waals surface area (Å²) in [5, 5.41) is 3.65. The van der Waals surface area contributed by atoms with Crippen molar-refractivity contribution in [3.8, 4) is 0 Å². The van der Waals surface area contributed by atoms with Gasteiger partial charge < -0.3 is 10.2 Å². The Morgan fingerprint density at radius 2 is 1.96 bits per heavy atom. The molecule has 3 rings (SSSR count). The van der Waals surface area contributed by atoms with Crippen LogP contribution < -0.4 is 10.2 Å². The van der Waals surface area contributed by atoms with Gasteiger partial charge in [-0.1, -0.05) is 48.9 Å². The standard InChI is InChI=1S/C19H19ClN2O2S/c1-13-10-19(24)22(16-8-4-5-9-17(16)25-13)12-18(23)21-11-14-6-2-3-7-15(14)20/h2-9,13H,10-12H2,1H3,(H,21,23). The number of carbonyl (C=O) groups excluding carboxylic acids is 2. The minimum Gasteiger partial charge on any atom is -0.350 e. The largest absolute Gasteiger partial charge is 0.350 e. The molecule has 130 valence electrons. The van der Waals surface area contributed by atoms with Crippen LogP contribution >= 0.6 is 23.4 Å². The molecule has 0 radical (unpaired) electrons. The Balaban J connectivity index is 1.71. The lowest BCUT2D eigenvalue weighted by Gasteiger charge is -2.22. The van der Waals surface area contributed by atoms with Crippen LogP contribution in [0.1, 0.15) is 18.9 Å². The van der Waals surface area contributed by atoms with Crippen molar-refractivity contribution in [1.82, 2.24) is 5.32 Å². The van der Waals surface area contributed by atoms with Crippen molar-refractivity contribution in [2.45, 2.75) is 30.0 Å². The maximum Gasteiger partial charge on any atom is 0.240 e. The van der Waals surface area contributed by atoms with Crippen LogP contribution in [0.3, 0.4) is 0 Å². The summed E-state index contributed by atoms with van der Waals surface area (Å²) >= 11 is 7.78. The summed E-state index contributed by atoms with van der Waals surface area (Å²) in [5.74, 6) is -0.236. The fourth-order valence-corrected chi connectivity index (χ4v) is 4.06. The second-order valence-electron chi connectivity index (χ2n) is 5.95. The van der Waals surface area contributed by atoms with Crippen LogP contribution in [0.2, 0.25) is 5.02 Å². The molecule has 0 aliphatic carbocycles. The van der Waals surface area contributed by atoms with E-state index in [0.29, 0.717) is 18.0 Å². The third-order valence-corrected chi connectivity index (χ3v) is 5.52. The van der Waals surface area contributed by atoms with Gasteiger partial charge in [-0.05, 0) is 23.8 Å². The van der Waals surface area contributed by atoms with Gasteiger partial charge in [0.2, 0.25) is 11.8 Å². The molecule has 1 atom stereocenters. The number of hydrogen-bond donors (Lipinski definition) is 1. The Morgan fingerprint density at radius 1 is 1.24 bits per heavy atom. The molecule has 6 heteroatoms. The molecular weight excluding hydrogens is 356 g/mol. The maximum absolute atomic E-state index is 12.6. The number of hydrogen-bond acceptors (Lipinski definition) is 3. The Labute approximate surface area is 156 Å². The number of thioether (sulfide) groups is 1. The molecule has 0 saturated heterocycles. The van der Waals surface area contributed by atoms with Crippen LogP contribution in [0.15, 0.2) is 53.4 Å². The number of para-hydroxylation sites is 1. The summed E-state index contributed by atoms with van der Waals surface area (Å²) in [6.45, 7) is 2.38. The number of nitrogens with zero attached hydrogens (tertiary/aromatic N) is 1. The van der Waals surface area contributed by atoms with Crippen LogP contribution in [0.25, 0.3) is 0 Å². The van der Waals surface area contributed by atoms with Crippen LogP contribution in [-0.2, 0) is 16.1 Å². The van der Waals surface area contributed by atoms with Crippen molar-refractivity contribution in [2.24, 2.45) is 0 Å². The molecule has 2 amide bonds. The SMILES string of the molecule is CC1CC(=O)N(CC(=O)NCc2ccccc2Cl)c2ccccc2S1. The molecule has 1 aliphatic heterocycles. The van der Waals surface area contributed by atoms with E-state index in [9.17, 15) is 9.59 Å². The van der Waals surface area contributed by atoms with Crippen molar-refractivity contribution < 1.29 is 9.59 Å². The minimum absolute atomic E-state index is 0.00752. The zero-order valence-electron chi connectivity index (χ0n) is 13.9. The average molecular weight is 375 g/mol. The summed E-state index contributed by atoms with van der Waals surface area (Å²) in [4.78, 5) is 27.6. The van der Waals surface area contributed by atoms with E-state index >= 15 is 0 Å². The third kappa shape index (κ3) is 4.35. The van der Waals surface area contributed by atoms with Gasteiger partial charge in [0.1, 0.15) is 6.54 Å². The normalized spacial score (nSPS) is 17.0. The zero-order chi connectivity index (χ0) is 17.8. The molecule has 0 saturated carbocycles. The van der Waals surface area contributed by atoms with Crippen molar-refractivity contribution in [1.29, 1.82) is 0 Å². The van der Waals surface area contributed by atoms with Gasteiger partial charge in [0, 0.05) is 28.1 Å². The molecule has 0 aromatic heterocycles. The Bertz CT molecular complexity index is 796. The molecule has 0 spiro atoms. The molecule has 0 fully saturated rings. The number of anilines is 1. The van der Waals surface area contributed by atoms with Crippen LogP contribution in [0.5, 0.6) is 0 Å². The molecule has 1 aliphatic rings. The average Bonchev–Trinajstić information content (AvgIpc) is 2.70. The number of nitrogens with one attached hydrogen (secondary N) is 1. The summed E-state index contributed by atoms with van der Waals surface area (Å²) in [6, 6.07) is 15.1. The Hall–Kier alpha value is -1.98. The van der Waals surface area contributed by atoms with Gasteiger partial charge in [-0.2, -0.15) is 0 Å². The van der Waals surface area contributed by atoms with E-state index in [1.807, 2.05) is 49.4 Å². The topological polar surface area (TPSA) is 49.4 Å². The number of fused-ring (bicyclic) bond motifs is 1. The van der Waals surface area contributed by atoms with E-state index in [1.165, 1.54) is 0 Å². The summed E-state index contributed by atoms with van der Waals surface area (Å²) < 4.78 is 0. The Morgan fingerprint density at radius 3 is 2.76 bits per heavy atom. The van der Waals surface area contributed by atoms with Crippen molar-refractivity contribution in [3.05, 3.63) is 59.1 Å². The first kappa shape index (κ1) is 17.8. The highest BCUT2D eigenvalue weighted by molar-refractivity contribution is 8.00. The van der Waals surface area contributed by atoms with Gasteiger partial charge in [0.05, 0.1) is 5.69 Å². The lowest BCUT2D eigenvalue weighted by Crippen LogP contribution is -2.40. The van der Waals surface area contributed by atoms with Crippen LogP contribution in [-0.4, -0.2) is 23.6 Å². The fraction of sp³-hybridized carbons (Fsp3) is 0.263. The predicted octanol–water partition coefficient (Wildman–Crippen LogP) is 3.87. The Kier molecular flexibility index (Phi) is 5.66. The second-order valence-corrected chi connectivity index (χ2v) is 7.84. The van der Waals surface area contributed by atoms with Gasteiger partial charge in [-0.25, -0.2) is 0 Å². The summed E-state index contributed by atoms with van der Waals surface area (Å²) in [5.41, 5.74) is 1.65. The molecular formula is C19H19ClN2O2S. The lowest BCUT2D eigenvalue weighted by molar-refractivity contribution is -0.123. The molecule has 1 unspecified atom stereocenters. The molecule has 25 heavy (non-hydrogen) atoms. The van der Waals surface area contributed by atoms with Crippen LogP contribution in [0, 0.1) is 0 Å². The molecule has 2 aromatic carbocycles. The van der Waals surface area contributed by atoms with Gasteiger partial charge >= 0.3 is 0 Å². The monoisotopic (exact) mass is 374 g/mol. The molecule has 0 bridgehead atoms. The second kappa shape index (κ2) is 7.93. The van der Waals surface area contributed by atoms with E-state index < -0.39 is 0 Å². The maximum atomic E-state index is 12.6. The number of halogens is 1. The first-order chi connectivity index (χ1) is 12.0. The molecule has 4 nitrogen and oxygen atoms in total. The van der Waals surface area contributed by atoms with E-state index in [2.05, 4.69) is 5.32 Å². The first-order valence-corrected chi connectivity index (χ1v) is 9.36. The van der Waals surface area contributed by atoms with E-state index in [0.717, 1.165) is 16.1 Å². The number of benzene rings is 2. The van der Waals surface area contributed by atoms with E-state index in [4.69, 9.17) is 11.6 Å². The molecule has 1 heterocycles. The minimum atomic E-state index is -0.206. The summed E-state index contributed by atoms with van der Waals surface area (Å²) in [6.07, 6.45) is 0.414. The smallest absolute Gasteiger partial charge is 0.240 e. The van der Waals surface area contributed by atoms with Gasteiger partial charge in [-0.15, -0.1) is 11.8 Å². The van der Waals surface area contributed by atoms with Gasteiger partial charge in [-0.3, -0.25) is 9.59 Å². The predicted molar refractivity (Wildman–Crippen MR) is 102 cm³/mol. The number of rotatable bonds is 4. The first-order valence-electron chi connectivity index (χ1n) is 8.11. The van der Waals surface area contributed by atoms with Crippen molar-refractivity contribution >= 4 is 40.9 Å². The van der Waals surface area contributed by atoms with Gasteiger partial charge in [0.15, 0.2) is 0 Å². The number of amides is 2. The van der Waals surface area contributed by atoms with Crippen molar-refractivity contribution in [2.75, 3.05) is 11.4 Å². The highest BCUT2D eigenvalue weighted by atomic mass is 35.5. The quantitative estimate of drug-likeness (QED) is 0.883. The van der Waals surface area contributed by atoms with E-state index in [1.54, 1.807) is 22.7 Å². The van der Waals surface area contributed by atoms with Gasteiger partial charge in [0.25, 0.3) is 0 Å².